The van der Waals surface area contributed by atoms with Gasteiger partial charge in [0.05, 0.1) is 0 Å². The summed E-state index contributed by atoms with van der Waals surface area (Å²) in [6.07, 6.45) is 4.11. The SMILES string of the molecule is CC(C)(C)C(=O)NCCCCC(=O)C1(O)CCC1. The first-order valence-electron chi connectivity index (χ1n) is 6.80. The molecule has 2 N–H and O–H groups in total. The zero-order valence-electron chi connectivity index (χ0n) is 11.7. The minimum absolute atomic E-state index is 0.0316. The quantitative estimate of drug-likeness (QED) is 0.711. The molecule has 1 amide bonds. The van der Waals surface area contributed by atoms with Gasteiger partial charge in [0.1, 0.15) is 5.60 Å². The summed E-state index contributed by atoms with van der Waals surface area (Å²) in [5.74, 6) is 0.00217. The number of amides is 1. The van der Waals surface area contributed by atoms with Crippen LogP contribution in [0.5, 0.6) is 0 Å². The standard InChI is InChI=1S/C14H25NO3/c1-13(2,3)12(17)15-10-5-4-7-11(16)14(18)8-6-9-14/h18H,4-10H2,1-3H3,(H,15,17). The molecule has 0 aromatic carbocycles. The lowest BCUT2D eigenvalue weighted by Crippen LogP contribution is -2.45. The van der Waals surface area contributed by atoms with Crippen LogP contribution < -0.4 is 5.32 Å². The van der Waals surface area contributed by atoms with Crippen molar-refractivity contribution in [1.82, 2.24) is 5.32 Å². The Kier molecular flexibility index (Phi) is 4.91. The summed E-state index contributed by atoms with van der Waals surface area (Å²) in [6.45, 7) is 6.22. The topological polar surface area (TPSA) is 66.4 Å². The lowest BCUT2D eigenvalue weighted by atomic mass is 9.76. The molecule has 0 spiro atoms. The van der Waals surface area contributed by atoms with Gasteiger partial charge in [-0.2, -0.15) is 0 Å². The Balaban J connectivity index is 2.09. The number of rotatable bonds is 6. The van der Waals surface area contributed by atoms with Gasteiger partial charge in [-0.1, -0.05) is 20.8 Å². The van der Waals surface area contributed by atoms with Crippen molar-refractivity contribution in [3.63, 3.8) is 0 Å². The Morgan fingerprint density at radius 2 is 1.83 bits per heavy atom. The maximum atomic E-state index is 11.7. The van der Waals surface area contributed by atoms with Crippen molar-refractivity contribution in [1.29, 1.82) is 0 Å². The number of carbonyl (C=O) groups is 2. The molecule has 1 aliphatic rings. The highest BCUT2D eigenvalue weighted by Crippen LogP contribution is 2.33. The van der Waals surface area contributed by atoms with Crippen LogP contribution in [0.4, 0.5) is 0 Å². The molecular weight excluding hydrogens is 230 g/mol. The lowest BCUT2D eigenvalue weighted by Gasteiger charge is -2.34. The fourth-order valence-corrected chi connectivity index (χ4v) is 1.90. The zero-order valence-corrected chi connectivity index (χ0v) is 11.7. The second-order valence-electron chi connectivity index (χ2n) is 6.27. The van der Waals surface area contributed by atoms with Crippen molar-refractivity contribution in [3.05, 3.63) is 0 Å². The molecule has 1 aliphatic carbocycles. The van der Waals surface area contributed by atoms with Crippen LogP contribution in [-0.4, -0.2) is 28.9 Å². The Labute approximate surface area is 109 Å². The molecule has 104 valence electrons. The number of hydrogen-bond donors (Lipinski definition) is 2. The van der Waals surface area contributed by atoms with E-state index in [2.05, 4.69) is 5.32 Å². The fourth-order valence-electron chi connectivity index (χ4n) is 1.90. The highest BCUT2D eigenvalue weighted by molar-refractivity contribution is 5.87. The molecule has 0 aromatic heterocycles. The number of hydrogen-bond acceptors (Lipinski definition) is 3. The average Bonchev–Trinajstić information content (AvgIpc) is 2.23. The van der Waals surface area contributed by atoms with Gasteiger partial charge in [-0.05, 0) is 32.1 Å². The van der Waals surface area contributed by atoms with Crippen LogP contribution in [0.2, 0.25) is 0 Å². The van der Waals surface area contributed by atoms with Gasteiger partial charge in [0.15, 0.2) is 5.78 Å². The van der Waals surface area contributed by atoms with Gasteiger partial charge in [-0.15, -0.1) is 0 Å². The molecule has 18 heavy (non-hydrogen) atoms. The van der Waals surface area contributed by atoms with Crippen molar-refractivity contribution in [2.75, 3.05) is 6.54 Å². The Morgan fingerprint density at radius 1 is 1.22 bits per heavy atom. The van der Waals surface area contributed by atoms with Gasteiger partial charge in [-0.3, -0.25) is 9.59 Å². The van der Waals surface area contributed by atoms with E-state index < -0.39 is 5.60 Å². The molecule has 0 atom stereocenters. The first-order chi connectivity index (χ1) is 8.26. The predicted molar refractivity (Wildman–Crippen MR) is 70.1 cm³/mol. The van der Waals surface area contributed by atoms with E-state index in [0.29, 0.717) is 25.8 Å². The highest BCUT2D eigenvalue weighted by atomic mass is 16.3. The molecule has 4 nitrogen and oxygen atoms in total. The smallest absolute Gasteiger partial charge is 0.225 e. The monoisotopic (exact) mass is 255 g/mol. The second kappa shape index (κ2) is 5.83. The van der Waals surface area contributed by atoms with E-state index in [9.17, 15) is 14.7 Å². The molecule has 0 aliphatic heterocycles. The number of aliphatic hydroxyl groups is 1. The Hall–Kier alpha value is -0.900. The second-order valence-corrected chi connectivity index (χ2v) is 6.27. The zero-order chi connectivity index (χ0) is 13.8. The molecule has 4 heteroatoms. The Morgan fingerprint density at radius 3 is 2.28 bits per heavy atom. The minimum Gasteiger partial charge on any atom is -0.382 e. The van der Waals surface area contributed by atoms with Crippen LogP contribution in [0.15, 0.2) is 0 Å². The fraction of sp³-hybridized carbons (Fsp3) is 0.857. The van der Waals surface area contributed by atoms with Gasteiger partial charge >= 0.3 is 0 Å². The number of nitrogens with one attached hydrogen (secondary N) is 1. The van der Waals surface area contributed by atoms with E-state index in [1.807, 2.05) is 20.8 Å². The summed E-state index contributed by atoms with van der Waals surface area (Å²) >= 11 is 0. The van der Waals surface area contributed by atoms with Crippen molar-refractivity contribution in [3.8, 4) is 0 Å². The van der Waals surface area contributed by atoms with Gasteiger partial charge in [0, 0.05) is 18.4 Å². The minimum atomic E-state index is -1.02. The average molecular weight is 255 g/mol. The number of Topliss-reactive ketones (excluding diaryl/α,β-unsaturated/α-hetero) is 1. The molecule has 0 radical (unpaired) electrons. The van der Waals surface area contributed by atoms with E-state index in [0.717, 1.165) is 19.3 Å². The highest BCUT2D eigenvalue weighted by Gasteiger charge is 2.40. The van der Waals surface area contributed by atoms with Crippen LogP contribution in [0.25, 0.3) is 0 Å². The maximum Gasteiger partial charge on any atom is 0.225 e. The molecule has 1 fully saturated rings. The predicted octanol–water partition coefficient (Wildman–Crippen LogP) is 1.80. The number of unbranched alkanes of at least 4 members (excludes halogenated alkanes) is 1. The third-order valence-electron chi connectivity index (χ3n) is 3.50. The molecule has 1 saturated carbocycles. The number of ketones is 1. The third kappa shape index (κ3) is 4.09. The summed E-state index contributed by atoms with van der Waals surface area (Å²) in [5, 5.41) is 12.7. The van der Waals surface area contributed by atoms with Crippen molar-refractivity contribution in [2.24, 2.45) is 5.41 Å². The summed E-state index contributed by atoms with van der Waals surface area (Å²) in [6, 6.07) is 0. The van der Waals surface area contributed by atoms with Crippen LogP contribution in [0.1, 0.15) is 59.3 Å². The van der Waals surface area contributed by atoms with Crippen LogP contribution in [0.3, 0.4) is 0 Å². The molecule has 0 bridgehead atoms. The summed E-state index contributed by atoms with van der Waals surface area (Å²) < 4.78 is 0. The van der Waals surface area contributed by atoms with Crippen molar-refractivity contribution in [2.45, 2.75) is 64.9 Å². The van der Waals surface area contributed by atoms with Crippen LogP contribution in [-0.2, 0) is 9.59 Å². The van der Waals surface area contributed by atoms with Crippen molar-refractivity contribution >= 4 is 11.7 Å². The van der Waals surface area contributed by atoms with E-state index in [4.69, 9.17) is 0 Å². The molecule has 0 heterocycles. The lowest BCUT2D eigenvalue weighted by molar-refractivity contribution is -0.146. The number of carbonyl (C=O) groups excluding carboxylic acids is 2. The first kappa shape index (κ1) is 15.2. The summed E-state index contributed by atoms with van der Waals surface area (Å²) in [5.41, 5.74) is -1.38. The van der Waals surface area contributed by atoms with Gasteiger partial charge < -0.3 is 10.4 Å². The molecule has 0 aromatic rings. The van der Waals surface area contributed by atoms with Crippen molar-refractivity contribution < 1.29 is 14.7 Å². The summed E-state index contributed by atoms with van der Waals surface area (Å²) in [7, 11) is 0. The van der Waals surface area contributed by atoms with Crippen LogP contribution in [0, 0.1) is 5.41 Å². The molecule has 0 unspecified atom stereocenters. The van der Waals surface area contributed by atoms with E-state index >= 15 is 0 Å². The molecule has 0 saturated heterocycles. The van der Waals surface area contributed by atoms with E-state index in [-0.39, 0.29) is 17.1 Å². The molecular formula is C14H25NO3. The van der Waals surface area contributed by atoms with E-state index in [1.54, 1.807) is 0 Å². The normalized spacial score (nSPS) is 18.0. The first-order valence-corrected chi connectivity index (χ1v) is 6.80. The van der Waals surface area contributed by atoms with Gasteiger partial charge in [-0.25, -0.2) is 0 Å². The summed E-state index contributed by atoms with van der Waals surface area (Å²) in [4.78, 5) is 23.2. The third-order valence-corrected chi connectivity index (χ3v) is 3.50. The van der Waals surface area contributed by atoms with E-state index in [1.165, 1.54) is 0 Å². The largest absolute Gasteiger partial charge is 0.382 e. The van der Waals surface area contributed by atoms with Crippen LogP contribution >= 0.6 is 0 Å². The maximum absolute atomic E-state index is 11.7. The Bertz CT molecular complexity index is 313. The van der Waals surface area contributed by atoms with Gasteiger partial charge in [0.2, 0.25) is 5.91 Å². The molecule has 1 rings (SSSR count). The van der Waals surface area contributed by atoms with Gasteiger partial charge in [0.25, 0.3) is 0 Å².